The van der Waals surface area contributed by atoms with E-state index >= 15 is 0 Å². The molecule has 4 nitrogen and oxygen atoms in total. The lowest BCUT2D eigenvalue weighted by molar-refractivity contribution is 0.00786. The highest BCUT2D eigenvalue weighted by atomic mass is 19.1. The van der Waals surface area contributed by atoms with Crippen LogP contribution in [0.25, 0.3) is 0 Å². The Morgan fingerprint density at radius 3 is 2.72 bits per heavy atom. The number of pyridine rings is 1. The molecule has 0 bridgehead atoms. The number of aromatic nitrogens is 1. The molecule has 1 fully saturated rings. The summed E-state index contributed by atoms with van der Waals surface area (Å²) in [4.78, 5) is 17.4. The third kappa shape index (κ3) is 2.97. The van der Waals surface area contributed by atoms with Gasteiger partial charge in [0.2, 0.25) is 0 Å². The molecule has 0 radical (unpaired) electrons. The standard InChI is InChI=1S/C13H17FN2O2/c1-13(2,3)18-12(17)16-7-9(8-16)11-6-10(14)4-5-15-11/h4-6,9H,7-8H2,1-3H3. The zero-order chi connectivity index (χ0) is 13.3. The Morgan fingerprint density at radius 1 is 1.50 bits per heavy atom. The van der Waals surface area contributed by atoms with Crippen molar-refractivity contribution in [2.45, 2.75) is 32.3 Å². The van der Waals surface area contributed by atoms with Crippen molar-refractivity contribution in [2.75, 3.05) is 13.1 Å². The molecular weight excluding hydrogens is 235 g/mol. The predicted octanol–water partition coefficient (Wildman–Crippen LogP) is 2.56. The second-order valence-electron chi connectivity index (χ2n) is 5.48. The van der Waals surface area contributed by atoms with Crippen LogP contribution in [0.3, 0.4) is 0 Å². The van der Waals surface area contributed by atoms with Crippen molar-refractivity contribution >= 4 is 6.09 Å². The van der Waals surface area contributed by atoms with E-state index in [9.17, 15) is 9.18 Å². The van der Waals surface area contributed by atoms with Crippen LogP contribution in [-0.4, -0.2) is 34.7 Å². The molecule has 5 heteroatoms. The van der Waals surface area contributed by atoms with Gasteiger partial charge in [0.05, 0.1) is 0 Å². The molecule has 1 aromatic rings. The third-order valence-corrected chi connectivity index (χ3v) is 2.69. The molecule has 98 valence electrons. The Morgan fingerprint density at radius 2 is 2.17 bits per heavy atom. The molecule has 0 saturated carbocycles. The molecule has 2 heterocycles. The zero-order valence-corrected chi connectivity index (χ0v) is 10.8. The van der Waals surface area contributed by atoms with Gasteiger partial charge in [0.15, 0.2) is 0 Å². The Bertz CT molecular complexity index is 451. The second kappa shape index (κ2) is 4.55. The summed E-state index contributed by atoms with van der Waals surface area (Å²) in [5.74, 6) is -0.191. The van der Waals surface area contributed by atoms with Gasteiger partial charge in [-0.05, 0) is 32.9 Å². The number of halogens is 1. The van der Waals surface area contributed by atoms with E-state index in [1.165, 1.54) is 18.3 Å². The Kier molecular flexibility index (Phi) is 3.24. The van der Waals surface area contributed by atoms with E-state index in [-0.39, 0.29) is 17.8 Å². The zero-order valence-electron chi connectivity index (χ0n) is 10.8. The van der Waals surface area contributed by atoms with Crippen LogP contribution in [0, 0.1) is 5.82 Å². The monoisotopic (exact) mass is 252 g/mol. The lowest BCUT2D eigenvalue weighted by Gasteiger charge is -2.39. The van der Waals surface area contributed by atoms with Gasteiger partial charge in [-0.1, -0.05) is 0 Å². The van der Waals surface area contributed by atoms with Gasteiger partial charge < -0.3 is 9.64 Å². The summed E-state index contributed by atoms with van der Waals surface area (Å²) < 4.78 is 18.3. The molecule has 0 N–H and O–H groups in total. The average molecular weight is 252 g/mol. The van der Waals surface area contributed by atoms with Crippen molar-refractivity contribution in [3.63, 3.8) is 0 Å². The molecule has 18 heavy (non-hydrogen) atoms. The first-order valence-corrected chi connectivity index (χ1v) is 5.94. The minimum Gasteiger partial charge on any atom is -0.444 e. The molecule has 0 aromatic carbocycles. The van der Waals surface area contributed by atoms with E-state index in [1.54, 1.807) is 4.90 Å². The van der Waals surface area contributed by atoms with Crippen LogP contribution in [0.5, 0.6) is 0 Å². The summed E-state index contributed by atoms with van der Waals surface area (Å²) in [6.07, 6.45) is 1.12. The maximum atomic E-state index is 13.0. The first kappa shape index (κ1) is 12.8. The molecule has 0 aliphatic carbocycles. The normalized spacial score (nSPS) is 16.3. The molecule has 1 aliphatic rings. The number of carbonyl (C=O) groups excluding carboxylic acids is 1. The van der Waals surface area contributed by atoms with Crippen molar-refractivity contribution in [3.05, 3.63) is 29.8 Å². The van der Waals surface area contributed by atoms with Crippen LogP contribution in [0.2, 0.25) is 0 Å². The molecule has 1 saturated heterocycles. The van der Waals surface area contributed by atoms with E-state index in [0.717, 1.165) is 0 Å². The number of carbonyl (C=O) groups is 1. The number of hydrogen-bond donors (Lipinski definition) is 0. The summed E-state index contributed by atoms with van der Waals surface area (Å²) in [6.45, 7) is 6.56. The van der Waals surface area contributed by atoms with Crippen molar-refractivity contribution in [1.29, 1.82) is 0 Å². The summed E-state index contributed by atoms with van der Waals surface area (Å²) in [5.41, 5.74) is 0.203. The van der Waals surface area contributed by atoms with Gasteiger partial charge in [-0.25, -0.2) is 9.18 Å². The quantitative estimate of drug-likeness (QED) is 0.771. The Balaban J connectivity index is 1.89. The SMILES string of the molecule is CC(C)(C)OC(=O)N1CC(c2cc(F)ccn2)C1. The van der Waals surface area contributed by atoms with Gasteiger partial charge in [-0.15, -0.1) is 0 Å². The summed E-state index contributed by atoms with van der Waals surface area (Å²) >= 11 is 0. The fourth-order valence-electron chi connectivity index (χ4n) is 1.79. The first-order valence-electron chi connectivity index (χ1n) is 5.94. The minimum absolute atomic E-state index is 0.105. The highest BCUT2D eigenvalue weighted by Gasteiger charge is 2.35. The van der Waals surface area contributed by atoms with E-state index in [1.807, 2.05) is 20.8 Å². The second-order valence-corrected chi connectivity index (χ2v) is 5.48. The van der Waals surface area contributed by atoms with Gasteiger partial charge in [-0.3, -0.25) is 4.98 Å². The van der Waals surface area contributed by atoms with Crippen LogP contribution < -0.4 is 0 Å². The van der Waals surface area contributed by atoms with Gasteiger partial charge in [0.25, 0.3) is 0 Å². The molecule has 1 amide bonds. The number of ether oxygens (including phenoxy) is 1. The first-order chi connectivity index (χ1) is 8.35. The molecule has 2 rings (SSSR count). The van der Waals surface area contributed by atoms with Crippen molar-refractivity contribution in [3.8, 4) is 0 Å². The van der Waals surface area contributed by atoms with Crippen LogP contribution in [0.1, 0.15) is 32.4 Å². The van der Waals surface area contributed by atoms with E-state index in [0.29, 0.717) is 18.8 Å². The molecule has 1 aromatic heterocycles. The Hall–Kier alpha value is -1.65. The minimum atomic E-state index is -0.487. The van der Waals surface area contributed by atoms with Crippen molar-refractivity contribution in [2.24, 2.45) is 0 Å². The Labute approximate surface area is 106 Å². The fraction of sp³-hybridized carbons (Fsp3) is 0.538. The van der Waals surface area contributed by atoms with Gasteiger partial charge in [-0.2, -0.15) is 0 Å². The highest BCUT2D eigenvalue weighted by Crippen LogP contribution is 2.27. The van der Waals surface area contributed by atoms with Crippen LogP contribution in [-0.2, 0) is 4.74 Å². The summed E-state index contributed by atoms with van der Waals surface area (Å²) in [7, 11) is 0. The summed E-state index contributed by atoms with van der Waals surface area (Å²) in [5, 5.41) is 0. The maximum Gasteiger partial charge on any atom is 0.410 e. The van der Waals surface area contributed by atoms with Gasteiger partial charge in [0.1, 0.15) is 11.4 Å². The molecule has 1 aliphatic heterocycles. The average Bonchev–Trinajstić information content (AvgIpc) is 2.11. The van der Waals surface area contributed by atoms with E-state index in [2.05, 4.69) is 4.98 Å². The van der Waals surface area contributed by atoms with Crippen LogP contribution in [0.15, 0.2) is 18.3 Å². The maximum absolute atomic E-state index is 13.0. The molecule has 0 spiro atoms. The van der Waals surface area contributed by atoms with Crippen molar-refractivity contribution < 1.29 is 13.9 Å². The number of likely N-dealkylation sites (tertiary alicyclic amines) is 1. The topological polar surface area (TPSA) is 42.4 Å². The molecule has 0 unspecified atom stereocenters. The highest BCUT2D eigenvalue weighted by molar-refractivity contribution is 5.69. The number of nitrogens with zero attached hydrogens (tertiary/aromatic N) is 2. The lowest BCUT2D eigenvalue weighted by atomic mass is 9.96. The number of hydrogen-bond acceptors (Lipinski definition) is 3. The van der Waals surface area contributed by atoms with Crippen LogP contribution in [0.4, 0.5) is 9.18 Å². The predicted molar refractivity (Wildman–Crippen MR) is 64.7 cm³/mol. The third-order valence-electron chi connectivity index (χ3n) is 2.69. The van der Waals surface area contributed by atoms with E-state index < -0.39 is 5.60 Å². The van der Waals surface area contributed by atoms with Gasteiger partial charge in [0, 0.05) is 30.9 Å². The lowest BCUT2D eigenvalue weighted by Crippen LogP contribution is -2.50. The molecular formula is C13H17FN2O2. The smallest absolute Gasteiger partial charge is 0.410 e. The van der Waals surface area contributed by atoms with Crippen molar-refractivity contribution in [1.82, 2.24) is 9.88 Å². The number of amides is 1. The summed E-state index contributed by atoms with van der Waals surface area (Å²) in [6, 6.07) is 2.73. The fourth-order valence-corrected chi connectivity index (χ4v) is 1.79. The van der Waals surface area contributed by atoms with E-state index in [4.69, 9.17) is 4.74 Å². The largest absolute Gasteiger partial charge is 0.444 e. The van der Waals surface area contributed by atoms with Gasteiger partial charge >= 0.3 is 6.09 Å². The van der Waals surface area contributed by atoms with Crippen LogP contribution >= 0.6 is 0 Å². The molecule has 0 atom stereocenters. The number of rotatable bonds is 1.